The third-order valence-corrected chi connectivity index (χ3v) is 3.05. The number of aryl methyl sites for hydroxylation is 2. The van der Waals surface area contributed by atoms with Crippen LogP contribution in [0.5, 0.6) is 0 Å². The van der Waals surface area contributed by atoms with Crippen LogP contribution in [-0.2, 0) is 11.3 Å². The lowest BCUT2D eigenvalue weighted by molar-refractivity contribution is 0.0589. The molecule has 18 heavy (non-hydrogen) atoms. The van der Waals surface area contributed by atoms with Gasteiger partial charge in [0.1, 0.15) is 5.69 Å². The molecule has 2 rings (SSSR count). The van der Waals surface area contributed by atoms with Crippen LogP contribution in [0.1, 0.15) is 23.0 Å². The quantitative estimate of drug-likeness (QED) is 0.775. The van der Waals surface area contributed by atoms with Crippen LogP contribution in [0.4, 0.5) is 0 Å². The van der Waals surface area contributed by atoms with Crippen molar-refractivity contribution in [2.24, 2.45) is 0 Å². The number of nitrogens with zero attached hydrogens (tertiary/aromatic N) is 1. The number of aromatic nitrogens is 1. The average molecular weight is 243 g/mol. The fourth-order valence-corrected chi connectivity index (χ4v) is 2.03. The first-order valence-corrected chi connectivity index (χ1v) is 6.02. The van der Waals surface area contributed by atoms with Crippen molar-refractivity contribution < 1.29 is 9.53 Å². The molecule has 0 aliphatic rings. The van der Waals surface area contributed by atoms with Gasteiger partial charge in [-0.05, 0) is 25.5 Å². The number of rotatable bonds is 3. The number of hydrogen-bond acceptors (Lipinski definition) is 2. The minimum atomic E-state index is -0.294. The predicted molar refractivity (Wildman–Crippen MR) is 71.6 cm³/mol. The van der Waals surface area contributed by atoms with Crippen molar-refractivity contribution in [3.8, 4) is 11.1 Å². The lowest BCUT2D eigenvalue weighted by Crippen LogP contribution is -2.10. The second-order valence-electron chi connectivity index (χ2n) is 4.22. The Morgan fingerprint density at radius 3 is 2.44 bits per heavy atom. The van der Waals surface area contributed by atoms with Crippen LogP contribution in [0.2, 0.25) is 0 Å². The normalized spacial score (nSPS) is 10.4. The molecule has 1 aromatic carbocycles. The second kappa shape index (κ2) is 5.08. The van der Waals surface area contributed by atoms with Crippen LogP contribution in [0.25, 0.3) is 11.1 Å². The number of benzene rings is 1. The van der Waals surface area contributed by atoms with Gasteiger partial charge in [-0.1, -0.05) is 29.8 Å². The molecule has 0 aliphatic carbocycles. The van der Waals surface area contributed by atoms with Crippen LogP contribution in [0, 0.1) is 6.92 Å². The van der Waals surface area contributed by atoms with Gasteiger partial charge in [0.25, 0.3) is 0 Å². The summed E-state index contributed by atoms with van der Waals surface area (Å²) < 4.78 is 6.77. The van der Waals surface area contributed by atoms with Crippen molar-refractivity contribution >= 4 is 5.97 Å². The van der Waals surface area contributed by atoms with Crippen LogP contribution < -0.4 is 0 Å². The molecule has 0 saturated carbocycles. The van der Waals surface area contributed by atoms with E-state index in [1.54, 1.807) is 0 Å². The van der Waals surface area contributed by atoms with E-state index in [0.29, 0.717) is 5.69 Å². The standard InChI is InChI=1S/C15H17NO2/c1-4-16-10-9-13(14(16)15(17)18-3)12-7-5-11(2)6-8-12/h5-10H,4H2,1-3H3. The summed E-state index contributed by atoms with van der Waals surface area (Å²) >= 11 is 0. The van der Waals surface area contributed by atoms with E-state index in [4.69, 9.17) is 4.74 Å². The summed E-state index contributed by atoms with van der Waals surface area (Å²) in [6, 6.07) is 10.1. The largest absolute Gasteiger partial charge is 0.464 e. The Labute approximate surface area is 107 Å². The number of carbonyl (C=O) groups excluding carboxylic acids is 1. The zero-order valence-corrected chi connectivity index (χ0v) is 10.9. The molecule has 0 spiro atoms. The maximum atomic E-state index is 11.9. The number of esters is 1. The van der Waals surface area contributed by atoms with Gasteiger partial charge in [0.05, 0.1) is 7.11 Å². The third-order valence-electron chi connectivity index (χ3n) is 3.05. The number of carbonyl (C=O) groups is 1. The molecule has 1 aromatic heterocycles. The maximum absolute atomic E-state index is 11.9. The van der Waals surface area contributed by atoms with Gasteiger partial charge in [0, 0.05) is 18.3 Å². The van der Waals surface area contributed by atoms with Gasteiger partial charge in [0.2, 0.25) is 0 Å². The minimum absolute atomic E-state index is 0.294. The van der Waals surface area contributed by atoms with E-state index in [2.05, 4.69) is 0 Å². The number of hydrogen-bond donors (Lipinski definition) is 0. The van der Waals surface area contributed by atoms with Gasteiger partial charge in [-0.3, -0.25) is 0 Å². The molecular formula is C15H17NO2. The van der Waals surface area contributed by atoms with E-state index in [9.17, 15) is 4.79 Å². The van der Waals surface area contributed by atoms with Crippen LogP contribution >= 0.6 is 0 Å². The molecule has 0 unspecified atom stereocenters. The van der Waals surface area contributed by atoms with Crippen LogP contribution in [-0.4, -0.2) is 17.6 Å². The van der Waals surface area contributed by atoms with E-state index in [1.165, 1.54) is 12.7 Å². The number of methoxy groups -OCH3 is 1. The molecule has 0 bridgehead atoms. The predicted octanol–water partition coefficient (Wildman–Crippen LogP) is 3.27. The molecular weight excluding hydrogens is 226 g/mol. The zero-order chi connectivity index (χ0) is 13.1. The van der Waals surface area contributed by atoms with Crippen molar-refractivity contribution in [3.63, 3.8) is 0 Å². The Balaban J connectivity index is 2.54. The lowest BCUT2D eigenvalue weighted by Gasteiger charge is -2.08. The van der Waals surface area contributed by atoms with Crippen molar-refractivity contribution in [1.29, 1.82) is 0 Å². The molecule has 0 N–H and O–H groups in total. The first kappa shape index (κ1) is 12.4. The van der Waals surface area contributed by atoms with E-state index < -0.39 is 0 Å². The van der Waals surface area contributed by atoms with Crippen molar-refractivity contribution in [1.82, 2.24) is 4.57 Å². The maximum Gasteiger partial charge on any atom is 0.355 e. The topological polar surface area (TPSA) is 31.2 Å². The summed E-state index contributed by atoms with van der Waals surface area (Å²) in [5.74, 6) is -0.294. The van der Waals surface area contributed by atoms with Gasteiger partial charge >= 0.3 is 5.97 Å². The van der Waals surface area contributed by atoms with E-state index in [1.807, 2.05) is 54.9 Å². The molecule has 3 nitrogen and oxygen atoms in total. The fraction of sp³-hybridized carbons (Fsp3) is 0.267. The van der Waals surface area contributed by atoms with Gasteiger partial charge in [-0.25, -0.2) is 4.79 Å². The summed E-state index contributed by atoms with van der Waals surface area (Å²) in [6.07, 6.45) is 1.92. The van der Waals surface area contributed by atoms with Crippen molar-refractivity contribution in [2.45, 2.75) is 20.4 Å². The highest BCUT2D eigenvalue weighted by atomic mass is 16.5. The minimum Gasteiger partial charge on any atom is -0.464 e. The van der Waals surface area contributed by atoms with Gasteiger partial charge in [-0.15, -0.1) is 0 Å². The van der Waals surface area contributed by atoms with E-state index in [0.717, 1.165) is 17.7 Å². The molecule has 0 atom stereocenters. The second-order valence-corrected chi connectivity index (χ2v) is 4.22. The Bertz CT molecular complexity index is 552. The highest BCUT2D eigenvalue weighted by Gasteiger charge is 2.17. The monoisotopic (exact) mass is 243 g/mol. The smallest absolute Gasteiger partial charge is 0.355 e. The van der Waals surface area contributed by atoms with Gasteiger partial charge in [0.15, 0.2) is 0 Å². The Hall–Kier alpha value is -2.03. The molecule has 0 aliphatic heterocycles. The van der Waals surface area contributed by atoms with E-state index in [-0.39, 0.29) is 5.97 Å². The first-order chi connectivity index (χ1) is 8.67. The average Bonchev–Trinajstić information content (AvgIpc) is 2.82. The summed E-state index contributed by atoms with van der Waals surface area (Å²) in [5, 5.41) is 0. The first-order valence-electron chi connectivity index (χ1n) is 6.02. The zero-order valence-electron chi connectivity index (χ0n) is 10.9. The lowest BCUT2D eigenvalue weighted by atomic mass is 10.0. The molecule has 3 heteroatoms. The Morgan fingerprint density at radius 2 is 1.89 bits per heavy atom. The Morgan fingerprint density at radius 1 is 1.22 bits per heavy atom. The molecule has 1 heterocycles. The fourth-order valence-electron chi connectivity index (χ4n) is 2.03. The molecule has 0 amide bonds. The summed E-state index contributed by atoms with van der Waals surface area (Å²) in [6.45, 7) is 4.80. The van der Waals surface area contributed by atoms with Gasteiger partial charge in [-0.2, -0.15) is 0 Å². The molecule has 2 aromatic rings. The third kappa shape index (κ3) is 2.16. The molecule has 0 radical (unpaired) electrons. The number of ether oxygens (including phenoxy) is 1. The van der Waals surface area contributed by atoms with Crippen molar-refractivity contribution in [2.75, 3.05) is 7.11 Å². The molecule has 0 saturated heterocycles. The Kier molecular flexibility index (Phi) is 3.51. The summed E-state index contributed by atoms with van der Waals surface area (Å²) in [4.78, 5) is 11.9. The van der Waals surface area contributed by atoms with Crippen LogP contribution in [0.15, 0.2) is 36.5 Å². The van der Waals surface area contributed by atoms with Crippen LogP contribution in [0.3, 0.4) is 0 Å². The summed E-state index contributed by atoms with van der Waals surface area (Å²) in [7, 11) is 1.41. The highest BCUT2D eigenvalue weighted by molar-refractivity contribution is 5.95. The molecule has 0 fully saturated rings. The van der Waals surface area contributed by atoms with Crippen molar-refractivity contribution in [3.05, 3.63) is 47.8 Å². The highest BCUT2D eigenvalue weighted by Crippen LogP contribution is 2.26. The van der Waals surface area contributed by atoms with E-state index >= 15 is 0 Å². The van der Waals surface area contributed by atoms with Gasteiger partial charge < -0.3 is 9.30 Å². The molecule has 94 valence electrons. The SMILES string of the molecule is CCn1ccc(-c2ccc(C)cc2)c1C(=O)OC. The summed E-state index contributed by atoms with van der Waals surface area (Å²) in [5.41, 5.74) is 3.77.